The van der Waals surface area contributed by atoms with Gasteiger partial charge in [-0.05, 0) is 62.2 Å². The molecule has 3 rings (SSSR count). The summed E-state index contributed by atoms with van der Waals surface area (Å²) in [6, 6.07) is 14.7. The quantitative estimate of drug-likeness (QED) is 0.187. The number of hydrogen-bond donors (Lipinski definition) is 0. The first-order valence-corrected chi connectivity index (χ1v) is 12.0. The smallest absolute Gasteiger partial charge is 0.269 e. The number of carbonyl (C=O) groups excluding carboxylic acids is 2. The van der Waals surface area contributed by atoms with Crippen molar-refractivity contribution in [2.75, 3.05) is 26.3 Å². The highest BCUT2D eigenvalue weighted by Gasteiger charge is 2.24. The molecular weight excluding hydrogens is 481 g/mol. The highest BCUT2D eigenvalue weighted by molar-refractivity contribution is 5.96. The topological polar surface area (TPSA) is 106 Å². The third kappa shape index (κ3) is 8.25. The summed E-state index contributed by atoms with van der Waals surface area (Å²) in [5.74, 6) is 0.158. The molecule has 0 saturated carbocycles. The van der Waals surface area contributed by atoms with Crippen molar-refractivity contribution in [2.24, 2.45) is 0 Å². The molecule has 196 valence electrons. The molecule has 0 N–H and O–H groups in total. The Labute approximate surface area is 214 Å². The van der Waals surface area contributed by atoms with Crippen LogP contribution < -0.4 is 0 Å². The third-order valence-electron chi connectivity index (χ3n) is 5.64. The van der Waals surface area contributed by atoms with Crippen molar-refractivity contribution in [3.8, 4) is 0 Å². The first kappa shape index (κ1) is 27.5. The molecule has 0 saturated heterocycles. The summed E-state index contributed by atoms with van der Waals surface area (Å²) >= 11 is 0. The SMILES string of the molecule is CCOCCCN(CC(=O)N(Cc1ccc(F)cc1)Cc1ccc(C)o1)C(=O)c1ccc([N+](=O)[O-])cc1. The van der Waals surface area contributed by atoms with Crippen molar-refractivity contribution in [2.45, 2.75) is 33.4 Å². The molecule has 9 nitrogen and oxygen atoms in total. The Kier molecular flexibility index (Phi) is 9.91. The molecule has 1 aromatic heterocycles. The van der Waals surface area contributed by atoms with E-state index in [0.29, 0.717) is 31.2 Å². The number of aryl methyl sites for hydroxylation is 1. The fourth-order valence-corrected chi connectivity index (χ4v) is 3.73. The summed E-state index contributed by atoms with van der Waals surface area (Å²) in [7, 11) is 0. The molecule has 0 aliphatic heterocycles. The zero-order valence-electron chi connectivity index (χ0n) is 20.9. The van der Waals surface area contributed by atoms with Gasteiger partial charge in [0.1, 0.15) is 23.9 Å². The van der Waals surface area contributed by atoms with Crippen molar-refractivity contribution in [1.82, 2.24) is 9.80 Å². The number of benzene rings is 2. The van der Waals surface area contributed by atoms with Crippen molar-refractivity contribution in [1.29, 1.82) is 0 Å². The molecule has 0 atom stereocenters. The van der Waals surface area contributed by atoms with Gasteiger partial charge in [-0.15, -0.1) is 0 Å². The Balaban J connectivity index is 1.81. The minimum absolute atomic E-state index is 0.130. The van der Waals surface area contributed by atoms with Gasteiger partial charge < -0.3 is 19.0 Å². The van der Waals surface area contributed by atoms with Crippen LogP contribution in [0.5, 0.6) is 0 Å². The third-order valence-corrected chi connectivity index (χ3v) is 5.64. The number of non-ortho nitro benzene ring substituents is 1. The van der Waals surface area contributed by atoms with E-state index >= 15 is 0 Å². The van der Waals surface area contributed by atoms with Gasteiger partial charge in [0.15, 0.2) is 0 Å². The highest BCUT2D eigenvalue weighted by atomic mass is 19.1. The second kappa shape index (κ2) is 13.3. The Morgan fingerprint density at radius 1 is 1.00 bits per heavy atom. The molecule has 10 heteroatoms. The predicted octanol–water partition coefficient (Wildman–Crippen LogP) is 4.73. The van der Waals surface area contributed by atoms with Crippen LogP contribution in [0.15, 0.2) is 65.1 Å². The van der Waals surface area contributed by atoms with Crippen LogP contribution in [-0.2, 0) is 22.6 Å². The Hall–Kier alpha value is -4.05. The summed E-state index contributed by atoms with van der Waals surface area (Å²) in [5.41, 5.74) is 0.832. The lowest BCUT2D eigenvalue weighted by molar-refractivity contribution is -0.384. The number of ether oxygens (including phenoxy) is 1. The van der Waals surface area contributed by atoms with Crippen molar-refractivity contribution < 1.29 is 28.1 Å². The van der Waals surface area contributed by atoms with Crippen molar-refractivity contribution in [3.05, 3.63) is 99.2 Å². The Morgan fingerprint density at radius 2 is 1.70 bits per heavy atom. The lowest BCUT2D eigenvalue weighted by Crippen LogP contribution is -2.43. The number of nitro groups is 1. The maximum Gasteiger partial charge on any atom is 0.269 e. The molecule has 0 unspecified atom stereocenters. The van der Waals surface area contributed by atoms with Crippen LogP contribution in [0.2, 0.25) is 0 Å². The van der Waals surface area contributed by atoms with E-state index in [2.05, 4.69) is 0 Å². The zero-order chi connectivity index (χ0) is 26.8. The van der Waals surface area contributed by atoms with E-state index in [4.69, 9.17) is 9.15 Å². The van der Waals surface area contributed by atoms with Crippen LogP contribution in [0.1, 0.15) is 40.8 Å². The van der Waals surface area contributed by atoms with E-state index in [-0.39, 0.29) is 49.2 Å². The van der Waals surface area contributed by atoms with Gasteiger partial charge in [-0.25, -0.2) is 4.39 Å². The molecular formula is C27H30FN3O6. The van der Waals surface area contributed by atoms with E-state index in [1.165, 1.54) is 41.3 Å². The van der Waals surface area contributed by atoms with Crippen molar-refractivity contribution in [3.63, 3.8) is 0 Å². The van der Waals surface area contributed by atoms with Gasteiger partial charge in [0.05, 0.1) is 11.5 Å². The largest absolute Gasteiger partial charge is 0.464 e. The Bertz CT molecular complexity index is 1190. The van der Waals surface area contributed by atoms with Gasteiger partial charge in [0.2, 0.25) is 5.91 Å². The van der Waals surface area contributed by atoms with Crippen LogP contribution in [-0.4, -0.2) is 52.8 Å². The second-order valence-corrected chi connectivity index (χ2v) is 8.47. The molecule has 0 aliphatic carbocycles. The number of hydrogen-bond acceptors (Lipinski definition) is 6. The minimum Gasteiger partial charge on any atom is -0.464 e. The molecule has 37 heavy (non-hydrogen) atoms. The van der Waals surface area contributed by atoms with Crippen LogP contribution in [0.4, 0.5) is 10.1 Å². The molecule has 2 aromatic carbocycles. The molecule has 0 spiro atoms. The molecule has 0 aliphatic rings. The standard InChI is InChI=1S/C27H30FN3O6/c1-3-36-16-4-15-29(27(33)22-8-12-24(13-9-22)31(34)35)19-26(32)30(18-25-14-5-20(2)37-25)17-21-6-10-23(28)11-7-21/h5-14H,3-4,15-19H2,1-2H3. The second-order valence-electron chi connectivity index (χ2n) is 8.47. The monoisotopic (exact) mass is 511 g/mol. The van der Waals surface area contributed by atoms with Gasteiger partial charge in [-0.2, -0.15) is 0 Å². The molecule has 1 heterocycles. The maximum atomic E-state index is 13.5. The number of carbonyl (C=O) groups is 2. The fraction of sp³-hybridized carbons (Fsp3) is 0.333. The van der Waals surface area contributed by atoms with Gasteiger partial charge >= 0.3 is 0 Å². The van der Waals surface area contributed by atoms with E-state index in [9.17, 15) is 24.1 Å². The Morgan fingerprint density at radius 3 is 2.30 bits per heavy atom. The van der Waals surface area contributed by atoms with Crippen molar-refractivity contribution >= 4 is 17.5 Å². The summed E-state index contributed by atoms with van der Waals surface area (Å²) in [5, 5.41) is 11.0. The lowest BCUT2D eigenvalue weighted by Gasteiger charge is -2.27. The first-order valence-electron chi connectivity index (χ1n) is 12.0. The maximum absolute atomic E-state index is 13.5. The van der Waals surface area contributed by atoms with Gasteiger partial charge in [-0.1, -0.05) is 12.1 Å². The predicted molar refractivity (Wildman–Crippen MR) is 134 cm³/mol. The summed E-state index contributed by atoms with van der Waals surface area (Å²) < 4.78 is 24.5. The molecule has 0 radical (unpaired) electrons. The van der Waals surface area contributed by atoms with Crippen LogP contribution in [0, 0.1) is 22.9 Å². The number of nitro benzene ring substituents is 1. The van der Waals surface area contributed by atoms with Crippen LogP contribution >= 0.6 is 0 Å². The first-order chi connectivity index (χ1) is 17.8. The number of halogens is 1. The molecule has 0 fully saturated rings. The van der Waals surface area contributed by atoms with Crippen LogP contribution in [0.3, 0.4) is 0 Å². The average Bonchev–Trinajstić information content (AvgIpc) is 3.30. The minimum atomic E-state index is -0.540. The highest BCUT2D eigenvalue weighted by Crippen LogP contribution is 2.17. The summed E-state index contributed by atoms with van der Waals surface area (Å²) in [6.07, 6.45) is 0.509. The number of rotatable bonds is 13. The van der Waals surface area contributed by atoms with Crippen LogP contribution in [0.25, 0.3) is 0 Å². The van der Waals surface area contributed by atoms with E-state index < -0.39 is 10.8 Å². The molecule has 3 aromatic rings. The number of amides is 2. The fourth-order valence-electron chi connectivity index (χ4n) is 3.73. The van der Waals surface area contributed by atoms with E-state index in [1.54, 1.807) is 36.1 Å². The van der Waals surface area contributed by atoms with Gasteiger partial charge in [0.25, 0.3) is 11.6 Å². The average molecular weight is 512 g/mol. The van der Waals surface area contributed by atoms with Gasteiger partial charge in [-0.3, -0.25) is 19.7 Å². The lowest BCUT2D eigenvalue weighted by atomic mass is 10.1. The van der Waals surface area contributed by atoms with Gasteiger partial charge in [0, 0.05) is 44.0 Å². The normalized spacial score (nSPS) is 10.8. The number of furan rings is 1. The molecule has 2 amide bonds. The summed E-state index contributed by atoms with van der Waals surface area (Å²) in [6.45, 7) is 5.02. The number of nitrogens with zero attached hydrogens (tertiary/aromatic N) is 3. The van der Waals surface area contributed by atoms with E-state index in [1.807, 2.05) is 6.92 Å². The molecule has 0 bridgehead atoms. The zero-order valence-corrected chi connectivity index (χ0v) is 20.9. The van der Waals surface area contributed by atoms with E-state index in [0.717, 1.165) is 5.56 Å². The summed E-state index contributed by atoms with van der Waals surface area (Å²) in [4.78, 5) is 40.2.